The molecule has 0 aliphatic carbocycles. The van der Waals surface area contributed by atoms with Crippen LogP contribution in [0.3, 0.4) is 0 Å². The van der Waals surface area contributed by atoms with Crippen molar-refractivity contribution in [3.8, 4) is 11.5 Å². The number of carbonyl (C=O) groups is 2. The van der Waals surface area contributed by atoms with Gasteiger partial charge in [-0.2, -0.15) is 0 Å². The molecule has 144 valence electrons. The van der Waals surface area contributed by atoms with Crippen LogP contribution < -0.4 is 20.3 Å². The standard InChI is InChI=1S/C21H19BrN2O4/c1-14(28-16-8-3-2-4-9-16)21(26)24-23-19(25)13-27-18-12-11-15-7-5-6-10-17(15)20(18)22/h2-12,14H,13H2,1H3,(H,23,25)(H,24,26). The van der Waals surface area contributed by atoms with Crippen LogP contribution in [0.5, 0.6) is 11.5 Å². The molecule has 3 aromatic rings. The molecule has 3 aromatic carbocycles. The van der Waals surface area contributed by atoms with E-state index in [9.17, 15) is 9.59 Å². The van der Waals surface area contributed by atoms with Gasteiger partial charge in [-0.3, -0.25) is 20.4 Å². The minimum absolute atomic E-state index is 0.245. The summed E-state index contributed by atoms with van der Waals surface area (Å²) in [5, 5.41) is 2.05. The van der Waals surface area contributed by atoms with Gasteiger partial charge >= 0.3 is 0 Å². The van der Waals surface area contributed by atoms with Gasteiger partial charge in [0.2, 0.25) is 0 Å². The van der Waals surface area contributed by atoms with E-state index in [1.165, 1.54) is 0 Å². The van der Waals surface area contributed by atoms with Gasteiger partial charge in [-0.05, 0) is 51.8 Å². The third kappa shape index (κ3) is 5.01. The van der Waals surface area contributed by atoms with Crippen LogP contribution in [-0.4, -0.2) is 24.5 Å². The molecule has 1 unspecified atom stereocenters. The van der Waals surface area contributed by atoms with Crippen molar-refractivity contribution in [2.24, 2.45) is 0 Å². The number of nitrogens with one attached hydrogen (secondary N) is 2. The molecule has 0 aromatic heterocycles. The summed E-state index contributed by atoms with van der Waals surface area (Å²) in [6.07, 6.45) is -0.766. The van der Waals surface area contributed by atoms with Crippen LogP contribution in [0.15, 0.2) is 71.2 Å². The maximum atomic E-state index is 12.0. The highest BCUT2D eigenvalue weighted by atomic mass is 79.9. The molecule has 6 nitrogen and oxygen atoms in total. The second kappa shape index (κ2) is 9.23. The summed E-state index contributed by atoms with van der Waals surface area (Å²) in [5.41, 5.74) is 4.64. The first-order chi connectivity index (χ1) is 13.5. The third-order valence-electron chi connectivity index (χ3n) is 3.94. The van der Waals surface area contributed by atoms with Crippen LogP contribution in [0.4, 0.5) is 0 Å². The number of rotatable bonds is 6. The van der Waals surface area contributed by atoms with Crippen molar-refractivity contribution >= 4 is 38.5 Å². The number of para-hydroxylation sites is 1. The van der Waals surface area contributed by atoms with Crippen molar-refractivity contribution < 1.29 is 19.1 Å². The molecule has 0 saturated carbocycles. The zero-order valence-electron chi connectivity index (χ0n) is 15.1. The Labute approximate surface area is 170 Å². The number of fused-ring (bicyclic) bond motifs is 1. The summed E-state index contributed by atoms with van der Waals surface area (Å²) in [4.78, 5) is 24.0. The molecule has 28 heavy (non-hydrogen) atoms. The Bertz CT molecular complexity index is 979. The van der Waals surface area contributed by atoms with Crippen LogP contribution in [-0.2, 0) is 9.59 Å². The van der Waals surface area contributed by atoms with E-state index in [4.69, 9.17) is 9.47 Å². The monoisotopic (exact) mass is 442 g/mol. The molecule has 0 fully saturated rings. The summed E-state index contributed by atoms with van der Waals surface area (Å²) in [7, 11) is 0. The lowest BCUT2D eigenvalue weighted by Gasteiger charge is -2.15. The maximum absolute atomic E-state index is 12.0. The van der Waals surface area contributed by atoms with Gasteiger partial charge in [0.15, 0.2) is 12.7 Å². The number of hydrogen-bond acceptors (Lipinski definition) is 4. The van der Waals surface area contributed by atoms with Crippen LogP contribution in [0, 0.1) is 0 Å². The predicted molar refractivity (Wildman–Crippen MR) is 110 cm³/mol. The molecule has 0 aliphatic rings. The summed E-state index contributed by atoms with van der Waals surface area (Å²) >= 11 is 3.50. The van der Waals surface area contributed by atoms with Crippen molar-refractivity contribution in [1.29, 1.82) is 0 Å². The minimum Gasteiger partial charge on any atom is -0.483 e. The molecule has 2 N–H and O–H groups in total. The van der Waals surface area contributed by atoms with E-state index >= 15 is 0 Å². The molecule has 2 amide bonds. The third-order valence-corrected chi connectivity index (χ3v) is 4.75. The maximum Gasteiger partial charge on any atom is 0.279 e. The second-order valence-corrected chi connectivity index (χ2v) is 6.79. The van der Waals surface area contributed by atoms with E-state index < -0.39 is 17.9 Å². The summed E-state index contributed by atoms with van der Waals surface area (Å²) in [5.74, 6) is 0.159. The van der Waals surface area contributed by atoms with Gasteiger partial charge in [0, 0.05) is 0 Å². The molecule has 0 bridgehead atoms. The number of benzene rings is 3. The highest BCUT2D eigenvalue weighted by Gasteiger charge is 2.15. The Morgan fingerprint density at radius 2 is 1.68 bits per heavy atom. The first-order valence-corrected chi connectivity index (χ1v) is 9.44. The highest BCUT2D eigenvalue weighted by molar-refractivity contribution is 9.10. The molecule has 0 heterocycles. The van der Waals surface area contributed by atoms with Crippen molar-refractivity contribution in [2.45, 2.75) is 13.0 Å². The van der Waals surface area contributed by atoms with Crippen LogP contribution >= 0.6 is 15.9 Å². The van der Waals surface area contributed by atoms with Gasteiger partial charge in [-0.25, -0.2) is 0 Å². The number of amides is 2. The first kappa shape index (κ1) is 19.7. The Morgan fingerprint density at radius 3 is 2.46 bits per heavy atom. The van der Waals surface area contributed by atoms with Crippen molar-refractivity contribution in [1.82, 2.24) is 10.9 Å². The SMILES string of the molecule is CC(Oc1ccccc1)C(=O)NNC(=O)COc1ccc2ccccc2c1Br. The summed E-state index contributed by atoms with van der Waals surface area (Å²) in [6, 6.07) is 20.5. The second-order valence-electron chi connectivity index (χ2n) is 6.00. The number of hydrazine groups is 1. The first-order valence-electron chi connectivity index (χ1n) is 8.65. The summed E-state index contributed by atoms with van der Waals surface area (Å²) < 4.78 is 11.8. The van der Waals surface area contributed by atoms with E-state index in [1.807, 2.05) is 48.5 Å². The number of hydrogen-bond donors (Lipinski definition) is 2. The van der Waals surface area contributed by atoms with Gasteiger partial charge in [-0.15, -0.1) is 0 Å². The molecular weight excluding hydrogens is 424 g/mol. The topological polar surface area (TPSA) is 76.7 Å². The Kier molecular flexibility index (Phi) is 6.49. The normalized spacial score (nSPS) is 11.5. The van der Waals surface area contributed by atoms with Gasteiger partial charge in [0.05, 0.1) is 4.47 Å². The lowest BCUT2D eigenvalue weighted by molar-refractivity contribution is -0.133. The molecule has 0 aliphatic heterocycles. The van der Waals surface area contributed by atoms with Gasteiger partial charge < -0.3 is 9.47 Å². The number of carbonyl (C=O) groups excluding carboxylic acids is 2. The van der Waals surface area contributed by atoms with Gasteiger partial charge in [0.1, 0.15) is 11.5 Å². The smallest absolute Gasteiger partial charge is 0.279 e. The quantitative estimate of drug-likeness (QED) is 0.571. The average molecular weight is 443 g/mol. The fraction of sp³-hybridized carbons (Fsp3) is 0.143. The minimum atomic E-state index is -0.766. The molecule has 3 rings (SSSR count). The van der Waals surface area contributed by atoms with Crippen LogP contribution in [0.25, 0.3) is 10.8 Å². The Morgan fingerprint density at radius 1 is 0.964 bits per heavy atom. The largest absolute Gasteiger partial charge is 0.483 e. The lowest BCUT2D eigenvalue weighted by atomic mass is 10.1. The molecule has 1 atom stereocenters. The zero-order chi connectivity index (χ0) is 19.9. The molecule has 0 spiro atoms. The molecular formula is C21H19BrN2O4. The van der Waals surface area contributed by atoms with E-state index in [1.54, 1.807) is 25.1 Å². The van der Waals surface area contributed by atoms with Crippen LogP contribution in [0.2, 0.25) is 0 Å². The van der Waals surface area contributed by atoms with E-state index in [-0.39, 0.29) is 6.61 Å². The lowest BCUT2D eigenvalue weighted by Crippen LogP contribution is -2.48. The fourth-order valence-electron chi connectivity index (χ4n) is 2.49. The Hall–Kier alpha value is -3.06. The van der Waals surface area contributed by atoms with Gasteiger partial charge in [-0.1, -0.05) is 48.5 Å². The number of halogens is 1. The van der Waals surface area contributed by atoms with Crippen molar-refractivity contribution in [3.63, 3.8) is 0 Å². The Balaban J connectivity index is 1.48. The zero-order valence-corrected chi connectivity index (χ0v) is 16.7. The molecule has 7 heteroatoms. The van der Waals surface area contributed by atoms with Crippen molar-refractivity contribution in [2.75, 3.05) is 6.61 Å². The van der Waals surface area contributed by atoms with Crippen LogP contribution in [0.1, 0.15) is 6.92 Å². The van der Waals surface area contributed by atoms with E-state index in [0.717, 1.165) is 15.2 Å². The fourth-order valence-corrected chi connectivity index (χ4v) is 3.10. The molecule has 0 radical (unpaired) electrons. The average Bonchev–Trinajstić information content (AvgIpc) is 2.72. The van der Waals surface area contributed by atoms with E-state index in [2.05, 4.69) is 26.8 Å². The van der Waals surface area contributed by atoms with Gasteiger partial charge in [0.25, 0.3) is 11.8 Å². The summed E-state index contributed by atoms with van der Waals surface area (Å²) in [6.45, 7) is 1.35. The number of ether oxygens (including phenoxy) is 2. The predicted octanol–water partition coefficient (Wildman–Crippen LogP) is 3.60. The van der Waals surface area contributed by atoms with E-state index in [0.29, 0.717) is 11.5 Å². The van der Waals surface area contributed by atoms with Crippen molar-refractivity contribution in [3.05, 3.63) is 71.2 Å². The highest BCUT2D eigenvalue weighted by Crippen LogP contribution is 2.32. The molecule has 0 saturated heterocycles.